The summed E-state index contributed by atoms with van der Waals surface area (Å²) in [5.41, 5.74) is 5.40. The van der Waals surface area contributed by atoms with Gasteiger partial charge in [0, 0.05) is 12.0 Å². The van der Waals surface area contributed by atoms with Crippen LogP contribution in [0, 0.1) is 0 Å². The van der Waals surface area contributed by atoms with E-state index in [-0.39, 0.29) is 0 Å². The molecule has 0 aromatic heterocycles. The Morgan fingerprint density at radius 1 is 0.957 bits per heavy atom. The van der Waals surface area contributed by atoms with Gasteiger partial charge in [-0.3, -0.25) is 0 Å². The Labute approximate surface area is 143 Å². The van der Waals surface area contributed by atoms with Gasteiger partial charge in [0.05, 0.1) is 0 Å². The highest BCUT2D eigenvalue weighted by Gasteiger charge is 2.17. The Bertz CT molecular complexity index is 639. The van der Waals surface area contributed by atoms with E-state index in [2.05, 4.69) is 82.0 Å². The summed E-state index contributed by atoms with van der Waals surface area (Å²) in [6.45, 7) is 6.74. The van der Waals surface area contributed by atoms with Gasteiger partial charge >= 0.3 is 0 Å². The zero-order chi connectivity index (χ0) is 17.0. The van der Waals surface area contributed by atoms with Gasteiger partial charge in [-0.1, -0.05) is 63.2 Å². The third kappa shape index (κ3) is 5.04. The van der Waals surface area contributed by atoms with Crippen molar-refractivity contribution in [2.75, 3.05) is 18.8 Å². The molecule has 126 valence electrons. The van der Waals surface area contributed by atoms with E-state index >= 15 is 0 Å². The first kappa shape index (κ1) is 17.9. The van der Waals surface area contributed by atoms with E-state index in [0.29, 0.717) is 5.92 Å². The van der Waals surface area contributed by atoms with Crippen LogP contribution in [-0.4, -0.2) is 18.8 Å². The van der Waals surface area contributed by atoms with Crippen LogP contribution in [0.5, 0.6) is 5.75 Å². The number of hydrogen-bond donors (Lipinski definition) is 0. The molecule has 0 aliphatic rings. The fourth-order valence-corrected chi connectivity index (χ4v) is 3.40. The molecule has 2 aromatic rings. The molecule has 0 unspecified atom stereocenters. The van der Waals surface area contributed by atoms with Crippen LogP contribution in [0.25, 0.3) is 0 Å². The Balaban J connectivity index is 2.52. The maximum Gasteiger partial charge on any atom is 0.141 e. The molecule has 0 saturated carbocycles. The van der Waals surface area contributed by atoms with E-state index in [1.165, 1.54) is 22.3 Å². The minimum absolute atomic E-state index is 0.533. The molecule has 0 atom stereocenters. The number of aryl methyl sites for hydroxylation is 1. The smallest absolute Gasteiger partial charge is 0.141 e. The first-order valence-corrected chi connectivity index (χ1v) is 11.2. The lowest BCUT2D eigenvalue weighted by atomic mass is 9.93. The highest BCUT2D eigenvalue weighted by molar-refractivity contribution is 8.28. The first-order valence-electron chi connectivity index (χ1n) is 8.37. The molecule has 0 fully saturated rings. The monoisotopic (exact) mass is 330 g/mol. The molecule has 2 heteroatoms. The minimum atomic E-state index is -1.06. The molecule has 0 saturated heterocycles. The molecule has 0 N–H and O–H groups in total. The average Bonchev–Trinajstić information content (AvgIpc) is 2.48. The third-order valence-corrected chi connectivity index (χ3v) is 4.55. The normalized spacial score (nSPS) is 12.5. The Hall–Kier alpha value is -1.41. The molecular weight excluding hydrogens is 300 g/mol. The zero-order valence-electron chi connectivity index (χ0n) is 15.3. The molecule has 1 nitrogen and oxygen atoms in total. The van der Waals surface area contributed by atoms with Gasteiger partial charge in [0.15, 0.2) is 0 Å². The van der Waals surface area contributed by atoms with Crippen molar-refractivity contribution in [3.05, 3.63) is 64.7 Å². The van der Waals surface area contributed by atoms with Crippen LogP contribution >= 0.6 is 10.3 Å². The summed E-state index contributed by atoms with van der Waals surface area (Å²) >= 11 is 0. The first-order chi connectivity index (χ1) is 10.8. The Morgan fingerprint density at radius 3 is 2.09 bits per heavy atom. The van der Waals surface area contributed by atoms with E-state index in [1.807, 2.05) is 0 Å². The Morgan fingerprint density at radius 2 is 1.57 bits per heavy atom. The summed E-state index contributed by atoms with van der Waals surface area (Å²) in [5, 5.41) is 0. The molecule has 0 aliphatic carbocycles. The molecular formula is C21H30OS. The van der Waals surface area contributed by atoms with Crippen molar-refractivity contribution >= 4 is 10.3 Å². The van der Waals surface area contributed by atoms with Crippen molar-refractivity contribution in [1.82, 2.24) is 0 Å². The number of rotatable bonds is 6. The number of hydrogen-bond acceptors (Lipinski definition) is 1. The number of benzene rings is 2. The van der Waals surface area contributed by atoms with Crippen LogP contribution < -0.4 is 4.18 Å². The third-order valence-electron chi connectivity index (χ3n) is 3.88. The van der Waals surface area contributed by atoms with E-state index < -0.39 is 10.3 Å². The fraction of sp³-hybridized carbons (Fsp3) is 0.429. The van der Waals surface area contributed by atoms with E-state index in [0.717, 1.165) is 18.6 Å². The molecule has 0 bridgehead atoms. The second kappa shape index (κ2) is 7.44. The van der Waals surface area contributed by atoms with E-state index in [9.17, 15) is 0 Å². The largest absolute Gasteiger partial charge is 0.449 e. The maximum atomic E-state index is 6.45. The van der Waals surface area contributed by atoms with Gasteiger partial charge in [0.1, 0.15) is 5.75 Å². The molecule has 0 heterocycles. The van der Waals surface area contributed by atoms with Crippen LogP contribution in [0.4, 0.5) is 0 Å². The van der Waals surface area contributed by atoms with Crippen LogP contribution in [-0.2, 0) is 12.8 Å². The quantitative estimate of drug-likeness (QED) is 0.636. The van der Waals surface area contributed by atoms with Crippen molar-refractivity contribution < 1.29 is 4.18 Å². The van der Waals surface area contributed by atoms with Gasteiger partial charge < -0.3 is 4.18 Å². The summed E-state index contributed by atoms with van der Waals surface area (Å²) in [4.78, 5) is 0. The molecule has 0 radical (unpaired) electrons. The van der Waals surface area contributed by atoms with E-state index in [4.69, 9.17) is 4.18 Å². The van der Waals surface area contributed by atoms with Crippen molar-refractivity contribution in [3.8, 4) is 5.75 Å². The molecule has 0 aliphatic heterocycles. The maximum absolute atomic E-state index is 6.45. The van der Waals surface area contributed by atoms with E-state index in [1.54, 1.807) is 0 Å². The van der Waals surface area contributed by atoms with Gasteiger partial charge in [0.25, 0.3) is 0 Å². The summed E-state index contributed by atoms with van der Waals surface area (Å²) in [5.74, 6) is 1.65. The highest BCUT2D eigenvalue weighted by atomic mass is 32.3. The molecule has 0 spiro atoms. The van der Waals surface area contributed by atoms with Gasteiger partial charge in [-0.05, 0) is 47.8 Å². The van der Waals surface area contributed by atoms with Crippen LogP contribution in [0.3, 0.4) is 0 Å². The summed E-state index contributed by atoms with van der Waals surface area (Å²) in [7, 11) is -1.06. The molecule has 0 amide bonds. The second-order valence-electron chi connectivity index (χ2n) is 7.15. The summed E-state index contributed by atoms with van der Waals surface area (Å²) in [6.07, 6.45) is 8.55. The molecule has 2 aromatic carbocycles. The van der Waals surface area contributed by atoms with Gasteiger partial charge in [0.2, 0.25) is 0 Å². The van der Waals surface area contributed by atoms with Crippen LogP contribution in [0.15, 0.2) is 42.5 Å². The zero-order valence-corrected chi connectivity index (χ0v) is 16.2. The lowest BCUT2D eigenvalue weighted by Gasteiger charge is -2.30. The molecule has 23 heavy (non-hydrogen) atoms. The van der Waals surface area contributed by atoms with Crippen molar-refractivity contribution in [2.45, 2.75) is 39.5 Å². The van der Waals surface area contributed by atoms with Crippen molar-refractivity contribution in [2.24, 2.45) is 0 Å². The van der Waals surface area contributed by atoms with Crippen LogP contribution in [0.1, 0.15) is 48.9 Å². The van der Waals surface area contributed by atoms with Crippen LogP contribution in [0.2, 0.25) is 0 Å². The second-order valence-corrected chi connectivity index (χ2v) is 10.8. The highest BCUT2D eigenvalue weighted by Crippen LogP contribution is 2.42. The minimum Gasteiger partial charge on any atom is -0.449 e. The van der Waals surface area contributed by atoms with Crippen molar-refractivity contribution in [1.29, 1.82) is 0 Å². The van der Waals surface area contributed by atoms with Gasteiger partial charge in [-0.15, -0.1) is 10.3 Å². The topological polar surface area (TPSA) is 9.23 Å². The average molecular weight is 331 g/mol. The fourth-order valence-electron chi connectivity index (χ4n) is 2.68. The van der Waals surface area contributed by atoms with Crippen molar-refractivity contribution in [3.63, 3.8) is 0 Å². The predicted molar refractivity (Wildman–Crippen MR) is 105 cm³/mol. The lowest BCUT2D eigenvalue weighted by Crippen LogP contribution is -2.08. The summed E-state index contributed by atoms with van der Waals surface area (Å²) in [6, 6.07) is 15.4. The molecule has 2 rings (SSSR count). The predicted octanol–water partition coefficient (Wildman–Crippen LogP) is 5.95. The Kier molecular flexibility index (Phi) is 5.80. The van der Waals surface area contributed by atoms with Gasteiger partial charge in [-0.25, -0.2) is 0 Å². The lowest BCUT2D eigenvalue weighted by molar-refractivity contribution is 0.608. The van der Waals surface area contributed by atoms with Gasteiger partial charge in [-0.2, -0.15) is 0 Å². The standard InChI is InChI=1S/C21H30OS/c1-7-18-14-19(16(2)3)15-20(21(18)22-23(4,5)6)13-17-11-9-8-10-12-17/h8-12,14-16H,7,13H2,1-6H3. The summed E-state index contributed by atoms with van der Waals surface area (Å²) < 4.78 is 6.45. The SMILES string of the molecule is CCc1cc(C(C)C)cc(Cc2ccccc2)c1OS(C)(C)C.